The highest BCUT2D eigenvalue weighted by Gasteiger charge is 2.35. The molecular formula is C18H27NO2. The van der Waals surface area contributed by atoms with E-state index in [0.29, 0.717) is 6.42 Å². The van der Waals surface area contributed by atoms with Gasteiger partial charge in [0, 0.05) is 18.2 Å². The van der Waals surface area contributed by atoms with Gasteiger partial charge >= 0.3 is 5.97 Å². The first kappa shape index (κ1) is 15.9. The van der Waals surface area contributed by atoms with Gasteiger partial charge in [-0.05, 0) is 57.6 Å². The summed E-state index contributed by atoms with van der Waals surface area (Å²) in [5, 5.41) is 3.41. The average molecular weight is 289 g/mol. The van der Waals surface area contributed by atoms with E-state index in [2.05, 4.69) is 19.2 Å². The molecule has 1 unspecified atom stereocenters. The van der Waals surface area contributed by atoms with Crippen molar-refractivity contribution in [2.24, 2.45) is 0 Å². The Morgan fingerprint density at radius 2 is 1.95 bits per heavy atom. The van der Waals surface area contributed by atoms with E-state index in [4.69, 9.17) is 4.74 Å². The van der Waals surface area contributed by atoms with Crippen LogP contribution in [0.25, 0.3) is 0 Å². The zero-order valence-corrected chi connectivity index (χ0v) is 13.2. The zero-order chi connectivity index (χ0) is 15.1. The highest BCUT2D eigenvalue weighted by molar-refractivity contribution is 5.70. The number of carbonyl (C=O) groups excluding carboxylic acids is 1. The minimum Gasteiger partial charge on any atom is -0.459 e. The molecule has 2 rings (SSSR count). The molecule has 1 N–H and O–H groups in total. The Balaban J connectivity index is 1.73. The van der Waals surface area contributed by atoms with Crippen LogP contribution in [0.3, 0.4) is 0 Å². The maximum atomic E-state index is 12.1. The Bertz CT molecular complexity index is 438. The van der Waals surface area contributed by atoms with Crippen LogP contribution in [0.15, 0.2) is 30.3 Å². The molecule has 0 spiro atoms. The van der Waals surface area contributed by atoms with Gasteiger partial charge in [-0.3, -0.25) is 4.79 Å². The van der Waals surface area contributed by atoms with Gasteiger partial charge in [0.1, 0.15) is 5.60 Å². The van der Waals surface area contributed by atoms with E-state index in [1.165, 1.54) is 12.8 Å². The second-order valence-electron chi connectivity index (χ2n) is 6.17. The molecule has 1 aromatic rings. The van der Waals surface area contributed by atoms with Crippen LogP contribution in [0.1, 0.15) is 58.8 Å². The number of anilines is 1. The summed E-state index contributed by atoms with van der Waals surface area (Å²) in [6.45, 7) is 4.23. The Morgan fingerprint density at radius 1 is 1.29 bits per heavy atom. The molecule has 1 fully saturated rings. The minimum atomic E-state index is -0.160. The highest BCUT2D eigenvalue weighted by Crippen LogP contribution is 2.36. The third-order valence-electron chi connectivity index (χ3n) is 4.46. The number of benzene rings is 1. The van der Waals surface area contributed by atoms with Crippen molar-refractivity contribution in [2.75, 3.05) is 5.32 Å². The van der Waals surface area contributed by atoms with Crippen LogP contribution in [0.4, 0.5) is 5.69 Å². The van der Waals surface area contributed by atoms with Crippen molar-refractivity contribution in [3.05, 3.63) is 30.3 Å². The van der Waals surface area contributed by atoms with Gasteiger partial charge < -0.3 is 10.1 Å². The fourth-order valence-corrected chi connectivity index (χ4v) is 3.07. The van der Waals surface area contributed by atoms with Crippen molar-refractivity contribution in [1.82, 2.24) is 0 Å². The summed E-state index contributed by atoms with van der Waals surface area (Å²) in [5.41, 5.74) is 0.937. The van der Waals surface area contributed by atoms with Crippen LogP contribution in [-0.4, -0.2) is 17.6 Å². The minimum absolute atomic E-state index is 0.0412. The molecule has 1 saturated carbocycles. The summed E-state index contributed by atoms with van der Waals surface area (Å²) in [6.07, 6.45) is 6.67. The molecule has 1 aromatic carbocycles. The zero-order valence-electron chi connectivity index (χ0n) is 13.2. The van der Waals surface area contributed by atoms with Gasteiger partial charge in [0.15, 0.2) is 0 Å². The number of hydrogen-bond donors (Lipinski definition) is 1. The van der Waals surface area contributed by atoms with Gasteiger partial charge in [-0.25, -0.2) is 0 Å². The summed E-state index contributed by atoms with van der Waals surface area (Å²) in [5.74, 6) is -0.0412. The lowest BCUT2D eigenvalue weighted by Gasteiger charge is -2.28. The third-order valence-corrected chi connectivity index (χ3v) is 4.46. The second kappa shape index (κ2) is 7.48. The average Bonchev–Trinajstić information content (AvgIpc) is 2.95. The monoisotopic (exact) mass is 289 g/mol. The second-order valence-corrected chi connectivity index (χ2v) is 6.17. The standard InChI is InChI=1S/C18H27NO2/c1-3-18(13-7-8-14-18)21-17(20)12-11-15(2)19-16-9-5-4-6-10-16/h4-6,9-10,15,19H,3,7-8,11-14H2,1-2H3. The quantitative estimate of drug-likeness (QED) is 0.749. The Morgan fingerprint density at radius 3 is 2.57 bits per heavy atom. The topological polar surface area (TPSA) is 38.3 Å². The highest BCUT2D eigenvalue weighted by atomic mass is 16.6. The van der Waals surface area contributed by atoms with E-state index in [0.717, 1.165) is 31.4 Å². The van der Waals surface area contributed by atoms with Gasteiger partial charge in [0.2, 0.25) is 0 Å². The molecule has 0 aromatic heterocycles. The first-order valence-corrected chi connectivity index (χ1v) is 8.17. The van der Waals surface area contributed by atoms with Crippen LogP contribution in [0.5, 0.6) is 0 Å². The Labute approximate surface area is 128 Å². The molecule has 0 bridgehead atoms. The summed E-state index contributed by atoms with van der Waals surface area (Å²) in [7, 11) is 0. The SMILES string of the molecule is CCC1(OC(=O)CCC(C)Nc2ccccc2)CCCC1. The molecule has 0 amide bonds. The summed E-state index contributed by atoms with van der Waals surface area (Å²) in [4.78, 5) is 12.1. The van der Waals surface area contributed by atoms with Crippen LogP contribution in [0, 0.1) is 0 Å². The lowest BCUT2D eigenvalue weighted by atomic mass is 9.99. The molecule has 21 heavy (non-hydrogen) atoms. The first-order chi connectivity index (χ1) is 10.1. The predicted octanol–water partition coefficient (Wildman–Crippen LogP) is 4.53. The Kier molecular flexibility index (Phi) is 5.66. The molecule has 1 aliphatic carbocycles. The summed E-state index contributed by atoms with van der Waals surface area (Å²) >= 11 is 0. The fraction of sp³-hybridized carbons (Fsp3) is 0.611. The van der Waals surface area contributed by atoms with Gasteiger partial charge in [-0.15, -0.1) is 0 Å². The first-order valence-electron chi connectivity index (χ1n) is 8.17. The molecule has 0 heterocycles. The lowest BCUT2D eigenvalue weighted by molar-refractivity contribution is -0.159. The maximum absolute atomic E-state index is 12.1. The van der Waals surface area contributed by atoms with E-state index in [9.17, 15) is 4.79 Å². The van der Waals surface area contributed by atoms with E-state index in [1.807, 2.05) is 30.3 Å². The van der Waals surface area contributed by atoms with Crippen LogP contribution in [0.2, 0.25) is 0 Å². The summed E-state index contributed by atoms with van der Waals surface area (Å²) < 4.78 is 5.78. The van der Waals surface area contributed by atoms with Gasteiger partial charge in [-0.2, -0.15) is 0 Å². The number of rotatable bonds is 7. The number of carbonyl (C=O) groups is 1. The van der Waals surface area contributed by atoms with Gasteiger partial charge in [0.05, 0.1) is 0 Å². The number of nitrogens with one attached hydrogen (secondary N) is 1. The van der Waals surface area contributed by atoms with Crippen molar-refractivity contribution in [3.8, 4) is 0 Å². The van der Waals surface area contributed by atoms with Crippen molar-refractivity contribution in [2.45, 2.75) is 70.4 Å². The van der Waals surface area contributed by atoms with Crippen LogP contribution >= 0.6 is 0 Å². The number of esters is 1. The van der Waals surface area contributed by atoms with Crippen molar-refractivity contribution < 1.29 is 9.53 Å². The van der Waals surface area contributed by atoms with E-state index in [-0.39, 0.29) is 17.6 Å². The molecule has 0 radical (unpaired) electrons. The van der Waals surface area contributed by atoms with Crippen molar-refractivity contribution >= 4 is 11.7 Å². The fourth-order valence-electron chi connectivity index (χ4n) is 3.07. The lowest BCUT2D eigenvalue weighted by Crippen LogP contribution is -2.31. The molecule has 1 aliphatic rings. The molecule has 3 heteroatoms. The van der Waals surface area contributed by atoms with Crippen LogP contribution < -0.4 is 5.32 Å². The number of ether oxygens (including phenoxy) is 1. The maximum Gasteiger partial charge on any atom is 0.306 e. The van der Waals surface area contributed by atoms with Crippen LogP contribution in [-0.2, 0) is 9.53 Å². The summed E-state index contributed by atoms with van der Waals surface area (Å²) in [6, 6.07) is 10.4. The molecule has 0 aliphatic heterocycles. The predicted molar refractivity (Wildman–Crippen MR) is 86.3 cm³/mol. The molecule has 116 valence electrons. The number of hydrogen-bond acceptors (Lipinski definition) is 3. The van der Waals surface area contributed by atoms with Gasteiger partial charge in [0.25, 0.3) is 0 Å². The van der Waals surface area contributed by atoms with E-state index < -0.39 is 0 Å². The Hall–Kier alpha value is -1.51. The van der Waals surface area contributed by atoms with E-state index >= 15 is 0 Å². The van der Waals surface area contributed by atoms with Crippen molar-refractivity contribution in [3.63, 3.8) is 0 Å². The molecule has 0 saturated heterocycles. The molecular weight excluding hydrogens is 262 g/mol. The van der Waals surface area contributed by atoms with Crippen molar-refractivity contribution in [1.29, 1.82) is 0 Å². The normalized spacial score (nSPS) is 18.2. The molecule has 1 atom stereocenters. The third kappa shape index (κ3) is 4.76. The largest absolute Gasteiger partial charge is 0.459 e. The molecule has 3 nitrogen and oxygen atoms in total. The van der Waals surface area contributed by atoms with Gasteiger partial charge in [-0.1, -0.05) is 25.1 Å². The van der Waals surface area contributed by atoms with E-state index in [1.54, 1.807) is 0 Å². The number of para-hydroxylation sites is 1. The smallest absolute Gasteiger partial charge is 0.306 e.